The van der Waals surface area contributed by atoms with Crippen molar-refractivity contribution in [2.45, 2.75) is 103 Å². The minimum absolute atomic E-state index is 0.0491. The zero-order valence-electron chi connectivity index (χ0n) is 27.6. The molecule has 0 aromatic heterocycles. The number of hydrogen-bond acceptors (Lipinski definition) is 10. The topological polar surface area (TPSA) is 193 Å². The maximum Gasteiger partial charge on any atom is 0.411 e. The Morgan fingerprint density at radius 3 is 1.22 bits per heavy atom. The molecule has 3 saturated heterocycles. The van der Waals surface area contributed by atoms with Gasteiger partial charge in [0.15, 0.2) is 0 Å². The average Bonchev–Trinajstić information content (AvgIpc) is 3.57. The number of amides is 4. The van der Waals surface area contributed by atoms with Gasteiger partial charge in [0.05, 0.1) is 51.4 Å². The Kier molecular flexibility index (Phi) is 12.2. The monoisotopic (exact) mass is 656 g/mol. The maximum atomic E-state index is 12.8. The molecule has 3 aliphatic rings. The largest absolute Gasteiger partial charge is 0.480 e. The lowest BCUT2D eigenvalue weighted by Crippen LogP contribution is -2.51. The van der Waals surface area contributed by atoms with Gasteiger partial charge in [0.2, 0.25) is 11.8 Å². The molecule has 3 aliphatic heterocycles. The van der Waals surface area contributed by atoms with E-state index in [9.17, 15) is 39.0 Å². The van der Waals surface area contributed by atoms with Gasteiger partial charge in [-0.3, -0.25) is 19.4 Å². The van der Waals surface area contributed by atoms with E-state index >= 15 is 0 Å². The van der Waals surface area contributed by atoms with E-state index in [4.69, 9.17) is 18.9 Å². The van der Waals surface area contributed by atoms with Crippen molar-refractivity contribution in [2.24, 2.45) is 0 Å². The van der Waals surface area contributed by atoms with Crippen molar-refractivity contribution in [3.8, 4) is 0 Å². The van der Waals surface area contributed by atoms with Crippen LogP contribution in [-0.2, 0) is 38.1 Å². The van der Waals surface area contributed by atoms with Crippen LogP contribution in [0.3, 0.4) is 0 Å². The van der Waals surface area contributed by atoms with Crippen LogP contribution in [0.5, 0.6) is 0 Å². The molecule has 46 heavy (non-hydrogen) atoms. The zero-order valence-corrected chi connectivity index (χ0v) is 27.6. The van der Waals surface area contributed by atoms with Crippen LogP contribution >= 0.6 is 0 Å². The molecule has 0 saturated carbocycles. The quantitative estimate of drug-likeness (QED) is 0.344. The molecular weight excluding hydrogens is 608 g/mol. The van der Waals surface area contributed by atoms with Crippen LogP contribution < -0.4 is 0 Å². The number of carbonyl (C=O) groups excluding carboxylic acids is 4. The molecule has 0 radical (unpaired) electrons. The number of carbonyl (C=O) groups is 6. The molecule has 3 heterocycles. The molecule has 16 nitrogen and oxygen atoms in total. The summed E-state index contributed by atoms with van der Waals surface area (Å²) in [7, 11) is 0. The lowest BCUT2D eigenvalue weighted by molar-refractivity contribution is -0.143. The van der Waals surface area contributed by atoms with E-state index in [1.54, 1.807) is 51.3 Å². The third kappa shape index (κ3) is 10.7. The minimum atomic E-state index is -1.15. The molecule has 0 unspecified atom stereocenters. The van der Waals surface area contributed by atoms with Gasteiger partial charge in [-0.25, -0.2) is 19.2 Å². The third-order valence-corrected chi connectivity index (χ3v) is 7.68. The Morgan fingerprint density at radius 2 is 0.935 bits per heavy atom. The molecule has 260 valence electrons. The number of piperazine rings is 1. The lowest BCUT2D eigenvalue weighted by Gasteiger charge is -2.35. The minimum Gasteiger partial charge on any atom is -0.480 e. The summed E-state index contributed by atoms with van der Waals surface area (Å²) < 4.78 is 22.2. The summed E-state index contributed by atoms with van der Waals surface area (Å²) in [6.45, 7) is 11.8. The van der Waals surface area contributed by atoms with Gasteiger partial charge < -0.3 is 39.0 Å². The summed E-state index contributed by atoms with van der Waals surface area (Å²) in [5.41, 5.74) is -1.55. The van der Waals surface area contributed by atoms with Gasteiger partial charge in [-0.05, 0) is 41.5 Å². The number of carboxylic acids is 2. The predicted octanol–water partition coefficient (Wildman–Crippen LogP) is 1.40. The third-order valence-electron chi connectivity index (χ3n) is 7.68. The smallest absolute Gasteiger partial charge is 0.411 e. The van der Waals surface area contributed by atoms with Crippen LogP contribution in [0.25, 0.3) is 0 Å². The first kappa shape index (κ1) is 36.8. The van der Waals surface area contributed by atoms with Crippen molar-refractivity contribution in [2.75, 3.05) is 52.5 Å². The summed E-state index contributed by atoms with van der Waals surface area (Å²) in [6.07, 6.45) is -2.21. The molecule has 3 rings (SSSR count). The van der Waals surface area contributed by atoms with Crippen LogP contribution in [0.2, 0.25) is 0 Å². The molecular formula is C30H48N4O12. The second-order valence-electron chi connectivity index (χ2n) is 13.7. The predicted molar refractivity (Wildman–Crippen MR) is 160 cm³/mol. The molecule has 0 spiro atoms. The molecule has 0 bridgehead atoms. The second kappa shape index (κ2) is 15.3. The van der Waals surface area contributed by atoms with Gasteiger partial charge in [0, 0.05) is 39.0 Å². The molecule has 16 heteroatoms. The number of carboxylic acid groups (broad SMARTS) is 2. The average molecular weight is 657 g/mol. The number of hydrogen-bond donors (Lipinski definition) is 2. The zero-order chi connectivity index (χ0) is 34.4. The lowest BCUT2D eigenvalue weighted by atomic mass is 10.2. The van der Waals surface area contributed by atoms with E-state index in [1.807, 2.05) is 0 Å². The van der Waals surface area contributed by atoms with Crippen LogP contribution in [-0.4, -0.2) is 154 Å². The molecule has 0 aromatic rings. The van der Waals surface area contributed by atoms with Gasteiger partial charge in [-0.1, -0.05) is 0 Å². The molecule has 0 aliphatic carbocycles. The normalized spacial score (nSPS) is 23.8. The summed E-state index contributed by atoms with van der Waals surface area (Å²) in [5, 5.41) is 19.1. The van der Waals surface area contributed by atoms with Gasteiger partial charge in [-0.15, -0.1) is 0 Å². The van der Waals surface area contributed by atoms with Gasteiger partial charge in [-0.2, -0.15) is 0 Å². The fraction of sp³-hybridized carbons (Fsp3) is 0.800. The van der Waals surface area contributed by atoms with Crippen LogP contribution in [0, 0.1) is 0 Å². The van der Waals surface area contributed by atoms with Crippen molar-refractivity contribution in [1.29, 1.82) is 0 Å². The van der Waals surface area contributed by atoms with Gasteiger partial charge in [0.25, 0.3) is 0 Å². The number of likely N-dealkylation sites (tertiary alicyclic amines) is 2. The number of nitrogens with zero attached hydrogens (tertiary/aromatic N) is 4. The second-order valence-corrected chi connectivity index (χ2v) is 13.7. The fourth-order valence-corrected chi connectivity index (χ4v) is 5.50. The first-order valence-electron chi connectivity index (χ1n) is 15.6. The Bertz CT molecular complexity index is 1050. The van der Waals surface area contributed by atoms with Crippen molar-refractivity contribution in [3.63, 3.8) is 0 Å². The summed E-state index contributed by atoms with van der Waals surface area (Å²) in [5.74, 6) is -2.61. The molecule has 4 amide bonds. The molecule has 2 N–H and O–H groups in total. The van der Waals surface area contributed by atoms with Crippen molar-refractivity contribution in [1.82, 2.24) is 19.6 Å². The highest BCUT2D eigenvalue weighted by atomic mass is 16.6. The molecule has 3 fully saturated rings. The summed E-state index contributed by atoms with van der Waals surface area (Å²) in [6, 6.07) is -2.14. The van der Waals surface area contributed by atoms with Crippen molar-refractivity contribution >= 4 is 35.9 Å². The van der Waals surface area contributed by atoms with E-state index < -0.39 is 59.6 Å². The van der Waals surface area contributed by atoms with E-state index in [0.717, 1.165) is 9.80 Å². The van der Waals surface area contributed by atoms with Crippen LogP contribution in [0.15, 0.2) is 0 Å². The van der Waals surface area contributed by atoms with Gasteiger partial charge in [0.1, 0.15) is 23.3 Å². The first-order chi connectivity index (χ1) is 21.3. The molecule has 0 aromatic carbocycles. The number of rotatable bonds is 10. The van der Waals surface area contributed by atoms with Crippen LogP contribution in [0.1, 0.15) is 67.2 Å². The van der Waals surface area contributed by atoms with E-state index in [0.29, 0.717) is 26.2 Å². The van der Waals surface area contributed by atoms with E-state index in [-0.39, 0.29) is 63.8 Å². The van der Waals surface area contributed by atoms with Crippen molar-refractivity contribution in [3.05, 3.63) is 0 Å². The number of aliphatic carboxylic acids is 2. The standard InChI is InChI=1S/C30H48N4O12/c1-29(2,3)45-27(41)33-17-19(15-21(33)25(37)38)43-13-7-23(35)31-9-11-32(12-10-31)24(36)8-14-44-20-16-22(26(39)40)34(18-20)28(42)46-30(4,5)6/h19-22H,7-18H2,1-6H3,(H,37,38)(H,39,40)/t19-,20-,21-,22-/m0/s1. The Hall–Kier alpha value is -3.66. The number of ether oxygens (including phenoxy) is 4. The Labute approximate surface area is 268 Å². The van der Waals surface area contributed by atoms with E-state index in [2.05, 4.69) is 0 Å². The Morgan fingerprint density at radius 1 is 0.609 bits per heavy atom. The highest BCUT2D eigenvalue weighted by Crippen LogP contribution is 2.25. The van der Waals surface area contributed by atoms with Crippen LogP contribution in [0.4, 0.5) is 9.59 Å². The summed E-state index contributed by atoms with van der Waals surface area (Å²) >= 11 is 0. The Balaban J connectivity index is 1.35. The SMILES string of the molecule is CC(C)(C)OC(=O)N1C[C@@H](OCCC(=O)N2CCN(C(=O)CCO[C@H]3C[C@@H](C(=O)O)N(C(=O)OC(C)(C)C)C3)CC2)C[C@H]1C(=O)O. The fourth-order valence-electron chi connectivity index (χ4n) is 5.50. The summed E-state index contributed by atoms with van der Waals surface area (Å²) in [4.78, 5) is 79.4. The van der Waals surface area contributed by atoms with Crippen molar-refractivity contribution < 1.29 is 57.9 Å². The van der Waals surface area contributed by atoms with E-state index in [1.165, 1.54) is 0 Å². The maximum absolute atomic E-state index is 12.8. The molecule has 4 atom stereocenters. The highest BCUT2D eigenvalue weighted by Gasteiger charge is 2.43. The highest BCUT2D eigenvalue weighted by molar-refractivity contribution is 5.82. The first-order valence-corrected chi connectivity index (χ1v) is 15.6. The van der Waals surface area contributed by atoms with Gasteiger partial charge >= 0.3 is 24.1 Å².